The van der Waals surface area contributed by atoms with E-state index in [1.807, 2.05) is 30.3 Å². The van der Waals surface area contributed by atoms with Crippen LogP contribution in [-0.4, -0.2) is 59.1 Å². The molecule has 0 aliphatic carbocycles. The van der Waals surface area contributed by atoms with Crippen LogP contribution in [0.15, 0.2) is 35.2 Å². The Kier molecular flexibility index (Phi) is 7.60. The van der Waals surface area contributed by atoms with Crippen LogP contribution in [0.2, 0.25) is 0 Å². The largest absolute Gasteiger partial charge is 0.466 e. The minimum atomic E-state index is -0.483. The van der Waals surface area contributed by atoms with Gasteiger partial charge in [-0.15, -0.1) is 0 Å². The van der Waals surface area contributed by atoms with E-state index in [4.69, 9.17) is 4.74 Å². The minimum Gasteiger partial charge on any atom is -0.466 e. The van der Waals surface area contributed by atoms with E-state index >= 15 is 0 Å². The lowest BCUT2D eigenvalue weighted by Gasteiger charge is -2.22. The molecule has 144 valence electrons. The Labute approximate surface area is 162 Å². The highest BCUT2D eigenvalue weighted by molar-refractivity contribution is 8.18. The van der Waals surface area contributed by atoms with E-state index in [2.05, 4.69) is 0 Å². The smallest absolute Gasteiger partial charge is 0.307 e. The molecule has 1 saturated heterocycles. The van der Waals surface area contributed by atoms with Crippen molar-refractivity contribution in [2.45, 2.75) is 20.3 Å². The maximum Gasteiger partial charge on any atom is 0.307 e. The predicted molar refractivity (Wildman–Crippen MR) is 103 cm³/mol. The Morgan fingerprint density at radius 2 is 1.89 bits per heavy atom. The molecule has 1 aliphatic heterocycles. The quantitative estimate of drug-likeness (QED) is 0.501. The van der Waals surface area contributed by atoms with E-state index in [1.54, 1.807) is 19.9 Å². The zero-order valence-corrected chi connectivity index (χ0v) is 16.2. The number of nitrogens with zero attached hydrogens (tertiary/aromatic N) is 2. The molecule has 1 aromatic carbocycles. The first-order valence-electron chi connectivity index (χ1n) is 8.70. The Bertz CT molecular complexity index is 748. The van der Waals surface area contributed by atoms with Gasteiger partial charge < -0.3 is 9.64 Å². The first-order valence-corrected chi connectivity index (χ1v) is 9.51. The molecule has 0 radical (unpaired) electrons. The standard InChI is InChI=1S/C19H22N2O5S/c1-3-20(11-10-17(23)26-4-2)16(22)13-21-18(24)15(27-19(21)25)12-14-8-6-5-7-9-14/h5-9,12H,3-4,10-11,13H2,1-2H3/b15-12+. The molecule has 8 heteroatoms. The number of benzene rings is 1. The summed E-state index contributed by atoms with van der Waals surface area (Å²) >= 11 is 0.816. The van der Waals surface area contributed by atoms with Crippen molar-refractivity contribution in [3.63, 3.8) is 0 Å². The normalized spacial score (nSPS) is 15.3. The van der Waals surface area contributed by atoms with Crippen LogP contribution in [0.1, 0.15) is 25.8 Å². The van der Waals surface area contributed by atoms with Crippen molar-refractivity contribution in [3.8, 4) is 0 Å². The number of carbonyl (C=O) groups excluding carboxylic acids is 4. The summed E-state index contributed by atoms with van der Waals surface area (Å²) in [5.41, 5.74) is 0.805. The fourth-order valence-corrected chi connectivity index (χ4v) is 3.33. The highest BCUT2D eigenvalue weighted by Crippen LogP contribution is 2.32. The lowest BCUT2D eigenvalue weighted by molar-refractivity contribution is -0.144. The van der Waals surface area contributed by atoms with Crippen LogP contribution in [0.5, 0.6) is 0 Å². The third-order valence-electron chi connectivity index (χ3n) is 3.89. The molecule has 0 bridgehead atoms. The Balaban J connectivity index is 2.00. The second kappa shape index (κ2) is 9.91. The van der Waals surface area contributed by atoms with Crippen molar-refractivity contribution in [2.75, 3.05) is 26.2 Å². The summed E-state index contributed by atoms with van der Waals surface area (Å²) in [5.74, 6) is -1.26. The van der Waals surface area contributed by atoms with Crippen LogP contribution in [0, 0.1) is 0 Å². The second-order valence-corrected chi connectivity index (χ2v) is 6.70. The number of imide groups is 1. The minimum absolute atomic E-state index is 0.0726. The first kappa shape index (κ1) is 20.7. The van der Waals surface area contributed by atoms with Crippen LogP contribution >= 0.6 is 11.8 Å². The molecular weight excluding hydrogens is 368 g/mol. The number of likely N-dealkylation sites (N-methyl/N-ethyl adjacent to an activating group) is 1. The highest BCUT2D eigenvalue weighted by Gasteiger charge is 2.37. The summed E-state index contributed by atoms with van der Waals surface area (Å²) in [6.07, 6.45) is 1.71. The molecule has 7 nitrogen and oxygen atoms in total. The van der Waals surface area contributed by atoms with Crippen molar-refractivity contribution in [1.82, 2.24) is 9.80 Å². The molecule has 1 aliphatic rings. The van der Waals surface area contributed by atoms with Gasteiger partial charge in [-0.05, 0) is 37.2 Å². The van der Waals surface area contributed by atoms with Gasteiger partial charge in [0.1, 0.15) is 6.54 Å². The van der Waals surface area contributed by atoms with Gasteiger partial charge in [0.05, 0.1) is 17.9 Å². The van der Waals surface area contributed by atoms with Gasteiger partial charge in [0.2, 0.25) is 5.91 Å². The summed E-state index contributed by atoms with van der Waals surface area (Å²) in [4.78, 5) is 51.2. The van der Waals surface area contributed by atoms with Crippen LogP contribution in [0.25, 0.3) is 6.08 Å². The molecular formula is C19H22N2O5S. The van der Waals surface area contributed by atoms with E-state index in [0.717, 1.165) is 22.2 Å². The number of amides is 3. The lowest BCUT2D eigenvalue weighted by Crippen LogP contribution is -2.42. The Morgan fingerprint density at radius 1 is 1.19 bits per heavy atom. The van der Waals surface area contributed by atoms with Crippen LogP contribution in [0.3, 0.4) is 0 Å². The van der Waals surface area contributed by atoms with Crippen molar-refractivity contribution in [2.24, 2.45) is 0 Å². The summed E-state index contributed by atoms with van der Waals surface area (Å²) in [7, 11) is 0. The highest BCUT2D eigenvalue weighted by atomic mass is 32.2. The molecule has 2 rings (SSSR count). The number of hydrogen-bond acceptors (Lipinski definition) is 6. The van der Waals surface area contributed by atoms with Crippen LogP contribution in [0.4, 0.5) is 4.79 Å². The maximum atomic E-state index is 12.5. The Hall–Kier alpha value is -2.61. The second-order valence-electron chi connectivity index (χ2n) is 5.71. The molecule has 1 aromatic rings. The number of esters is 1. The fourth-order valence-electron chi connectivity index (χ4n) is 2.49. The van der Waals surface area contributed by atoms with Gasteiger partial charge in [0, 0.05) is 13.1 Å². The van der Waals surface area contributed by atoms with Crippen LogP contribution < -0.4 is 0 Å². The van der Waals surface area contributed by atoms with Crippen LogP contribution in [-0.2, 0) is 19.1 Å². The first-order chi connectivity index (χ1) is 13.0. The summed E-state index contributed by atoms with van der Waals surface area (Å²) in [6, 6.07) is 9.18. The average Bonchev–Trinajstić information content (AvgIpc) is 2.91. The van der Waals surface area contributed by atoms with Crippen molar-refractivity contribution < 1.29 is 23.9 Å². The number of carbonyl (C=O) groups is 4. The predicted octanol–water partition coefficient (Wildman–Crippen LogP) is 2.52. The SMILES string of the molecule is CCOC(=O)CCN(CC)C(=O)CN1C(=O)S/C(=C/c2ccccc2)C1=O. The molecule has 0 spiro atoms. The van der Waals surface area contributed by atoms with E-state index in [0.29, 0.717) is 6.54 Å². The third kappa shape index (κ3) is 5.68. The number of rotatable bonds is 8. The van der Waals surface area contributed by atoms with E-state index in [1.165, 1.54) is 4.90 Å². The molecule has 27 heavy (non-hydrogen) atoms. The maximum absolute atomic E-state index is 12.5. The molecule has 0 aromatic heterocycles. The van der Waals surface area contributed by atoms with E-state index < -0.39 is 11.1 Å². The molecule has 0 atom stereocenters. The monoisotopic (exact) mass is 390 g/mol. The van der Waals surface area contributed by atoms with Crippen molar-refractivity contribution in [3.05, 3.63) is 40.8 Å². The zero-order chi connectivity index (χ0) is 19.8. The fraction of sp³-hybridized carbons (Fsp3) is 0.368. The van der Waals surface area contributed by atoms with Gasteiger partial charge in [0.25, 0.3) is 11.1 Å². The van der Waals surface area contributed by atoms with Gasteiger partial charge in [-0.1, -0.05) is 30.3 Å². The average molecular weight is 390 g/mol. The Morgan fingerprint density at radius 3 is 2.52 bits per heavy atom. The van der Waals surface area contributed by atoms with Gasteiger partial charge in [-0.3, -0.25) is 24.1 Å². The van der Waals surface area contributed by atoms with Crippen molar-refractivity contribution >= 4 is 40.9 Å². The molecule has 0 saturated carbocycles. The lowest BCUT2D eigenvalue weighted by atomic mass is 10.2. The molecule has 1 heterocycles. The number of ether oxygens (including phenoxy) is 1. The third-order valence-corrected chi connectivity index (χ3v) is 4.80. The number of thioether (sulfide) groups is 1. The molecule has 0 N–H and O–H groups in total. The summed E-state index contributed by atoms with van der Waals surface area (Å²) < 4.78 is 4.85. The summed E-state index contributed by atoms with van der Waals surface area (Å²) in [6.45, 7) is 3.98. The topological polar surface area (TPSA) is 84.0 Å². The summed E-state index contributed by atoms with van der Waals surface area (Å²) in [5, 5.41) is -0.475. The van der Waals surface area contributed by atoms with Gasteiger partial charge in [-0.2, -0.15) is 0 Å². The van der Waals surface area contributed by atoms with Gasteiger partial charge in [-0.25, -0.2) is 0 Å². The van der Waals surface area contributed by atoms with E-state index in [-0.39, 0.29) is 42.9 Å². The zero-order valence-electron chi connectivity index (χ0n) is 15.3. The van der Waals surface area contributed by atoms with Gasteiger partial charge >= 0.3 is 5.97 Å². The molecule has 3 amide bonds. The van der Waals surface area contributed by atoms with Gasteiger partial charge in [0.15, 0.2) is 0 Å². The number of hydrogen-bond donors (Lipinski definition) is 0. The molecule has 0 unspecified atom stereocenters. The molecule has 1 fully saturated rings. The van der Waals surface area contributed by atoms with E-state index in [9.17, 15) is 19.2 Å². The van der Waals surface area contributed by atoms with Crippen molar-refractivity contribution in [1.29, 1.82) is 0 Å².